The fourth-order valence-corrected chi connectivity index (χ4v) is 4.38. The number of likely N-dealkylation sites (tertiary alicyclic amines) is 1. The van der Waals surface area contributed by atoms with Gasteiger partial charge in [0.25, 0.3) is 18.2 Å². The van der Waals surface area contributed by atoms with Crippen LogP contribution in [0.15, 0.2) is 24.3 Å². The lowest BCUT2D eigenvalue weighted by Crippen LogP contribution is -2.37. The van der Waals surface area contributed by atoms with Crippen molar-refractivity contribution in [1.29, 1.82) is 0 Å². The summed E-state index contributed by atoms with van der Waals surface area (Å²) < 4.78 is 29.0. The quantitative estimate of drug-likeness (QED) is 0.719. The number of primary amides is 1. The minimum atomic E-state index is -2.91. The number of hydrogen-bond acceptors (Lipinski definition) is 4. The lowest BCUT2D eigenvalue weighted by atomic mass is 9.86. The standard InChI is InChI=1S/C22H18F2N4O3/c1-27-7-6-22(31,21(27)30)5-4-11-2-3-14-12-9-13(10-12)28-17(18(23)24)16(19(25)29)26-20(28)15(14)8-11/h2-3,8-9,13,18,31H,6-7,10H2,1H3,(H2,25,29)/t13?,22-/m0/s1. The van der Waals surface area contributed by atoms with E-state index in [2.05, 4.69) is 16.8 Å². The number of aromatic nitrogens is 2. The van der Waals surface area contributed by atoms with Gasteiger partial charge in [0.15, 0.2) is 5.69 Å². The Morgan fingerprint density at radius 1 is 1.39 bits per heavy atom. The number of nitrogens with two attached hydrogens (primary N) is 1. The third-order valence-electron chi connectivity index (χ3n) is 6.07. The first-order valence-corrected chi connectivity index (χ1v) is 9.76. The summed E-state index contributed by atoms with van der Waals surface area (Å²) in [6.07, 6.45) is -0.293. The number of halogens is 2. The summed E-state index contributed by atoms with van der Waals surface area (Å²) in [4.78, 5) is 29.5. The fraction of sp³-hybridized carbons (Fsp3) is 0.318. The van der Waals surface area contributed by atoms with Crippen LogP contribution < -0.4 is 5.73 Å². The molecule has 2 atom stereocenters. The van der Waals surface area contributed by atoms with Crippen LogP contribution >= 0.6 is 0 Å². The topological polar surface area (TPSA) is 101 Å². The molecule has 4 aliphatic rings. The van der Waals surface area contributed by atoms with Crippen LogP contribution in [0.2, 0.25) is 0 Å². The summed E-state index contributed by atoms with van der Waals surface area (Å²) in [7, 11) is 1.60. The highest BCUT2D eigenvalue weighted by atomic mass is 19.3. The minimum absolute atomic E-state index is 0.207. The molecular weight excluding hydrogens is 406 g/mol. The van der Waals surface area contributed by atoms with Crippen molar-refractivity contribution in [2.24, 2.45) is 5.73 Å². The van der Waals surface area contributed by atoms with Crippen molar-refractivity contribution in [2.45, 2.75) is 30.9 Å². The molecule has 158 valence electrons. The second-order valence-corrected chi connectivity index (χ2v) is 8.01. The predicted molar refractivity (Wildman–Crippen MR) is 107 cm³/mol. The molecular formula is C22H18F2N4O3. The molecule has 1 unspecified atom stereocenters. The molecule has 31 heavy (non-hydrogen) atoms. The number of likely N-dealkylation sites (N-methyl/N-ethyl adjacent to an activating group) is 1. The van der Waals surface area contributed by atoms with Crippen LogP contribution in [-0.2, 0) is 4.79 Å². The Morgan fingerprint density at radius 3 is 2.74 bits per heavy atom. The van der Waals surface area contributed by atoms with Crippen molar-refractivity contribution in [3.05, 3.63) is 46.8 Å². The van der Waals surface area contributed by atoms with Gasteiger partial charge in [0.1, 0.15) is 11.5 Å². The first-order valence-electron chi connectivity index (χ1n) is 9.76. The van der Waals surface area contributed by atoms with Crippen molar-refractivity contribution in [3.63, 3.8) is 0 Å². The summed E-state index contributed by atoms with van der Waals surface area (Å²) in [5, 5.41) is 10.5. The second-order valence-electron chi connectivity index (χ2n) is 8.01. The fourth-order valence-electron chi connectivity index (χ4n) is 4.38. The molecule has 4 heterocycles. The van der Waals surface area contributed by atoms with Crippen molar-refractivity contribution < 1.29 is 23.5 Å². The zero-order valence-corrected chi connectivity index (χ0v) is 16.5. The highest BCUT2D eigenvalue weighted by Gasteiger charge is 2.42. The lowest BCUT2D eigenvalue weighted by Gasteiger charge is -2.26. The minimum Gasteiger partial charge on any atom is -0.369 e. The highest BCUT2D eigenvalue weighted by Crippen LogP contribution is 2.49. The van der Waals surface area contributed by atoms with Crippen LogP contribution in [0.4, 0.5) is 8.78 Å². The Labute approximate surface area is 176 Å². The molecule has 2 amide bonds. The predicted octanol–water partition coefficient (Wildman–Crippen LogP) is 1.87. The number of carbonyl (C=O) groups is 2. The van der Waals surface area contributed by atoms with E-state index in [1.165, 1.54) is 9.47 Å². The second kappa shape index (κ2) is 6.49. The van der Waals surface area contributed by atoms with E-state index >= 15 is 0 Å². The molecule has 2 bridgehead atoms. The van der Waals surface area contributed by atoms with Crippen LogP contribution in [0.3, 0.4) is 0 Å². The van der Waals surface area contributed by atoms with Crippen LogP contribution in [0.1, 0.15) is 52.6 Å². The Morgan fingerprint density at radius 2 is 2.13 bits per heavy atom. The molecule has 1 fully saturated rings. The third kappa shape index (κ3) is 2.79. The van der Waals surface area contributed by atoms with Gasteiger partial charge in [-0.25, -0.2) is 13.8 Å². The summed E-state index contributed by atoms with van der Waals surface area (Å²) in [6, 6.07) is 4.90. The van der Waals surface area contributed by atoms with Gasteiger partial charge in [0.05, 0.1) is 6.04 Å². The van der Waals surface area contributed by atoms with Crippen LogP contribution in [0.25, 0.3) is 17.0 Å². The number of nitrogens with zero attached hydrogens (tertiary/aromatic N) is 3. The molecule has 6 rings (SSSR count). The molecule has 3 aliphatic heterocycles. The summed E-state index contributed by atoms with van der Waals surface area (Å²) in [6.45, 7) is 0.410. The highest BCUT2D eigenvalue weighted by molar-refractivity contribution is 5.94. The van der Waals surface area contributed by atoms with Crippen molar-refractivity contribution in [3.8, 4) is 23.2 Å². The zero-order chi connectivity index (χ0) is 22.1. The summed E-state index contributed by atoms with van der Waals surface area (Å²) in [5.74, 6) is 4.25. The van der Waals surface area contributed by atoms with Gasteiger partial charge < -0.3 is 20.3 Å². The third-order valence-corrected chi connectivity index (χ3v) is 6.07. The molecule has 3 N–H and O–H groups in total. The number of alkyl halides is 2. The van der Waals surface area contributed by atoms with Gasteiger partial charge in [0, 0.05) is 31.1 Å². The van der Waals surface area contributed by atoms with Gasteiger partial charge in [-0.3, -0.25) is 9.59 Å². The van der Waals surface area contributed by atoms with Crippen molar-refractivity contribution in [2.75, 3.05) is 13.6 Å². The van der Waals surface area contributed by atoms with E-state index in [1.807, 2.05) is 12.1 Å². The van der Waals surface area contributed by atoms with Gasteiger partial charge in [0.2, 0.25) is 5.60 Å². The number of carbonyl (C=O) groups excluding carboxylic acids is 2. The number of rotatable bonds is 2. The van der Waals surface area contributed by atoms with Crippen molar-refractivity contribution >= 4 is 17.4 Å². The Hall–Kier alpha value is -3.51. The molecule has 7 nitrogen and oxygen atoms in total. The average molecular weight is 424 g/mol. The van der Waals surface area contributed by atoms with Crippen LogP contribution in [0.5, 0.6) is 0 Å². The average Bonchev–Trinajstić information content (AvgIpc) is 3.12. The number of benzene rings is 1. The molecule has 0 radical (unpaired) electrons. The Bertz CT molecular complexity index is 1250. The Balaban J connectivity index is 1.64. The lowest BCUT2D eigenvalue weighted by molar-refractivity contribution is -0.137. The normalized spacial score (nSPS) is 23.4. The monoisotopic (exact) mass is 424 g/mol. The molecule has 1 saturated heterocycles. The van der Waals surface area contributed by atoms with E-state index in [4.69, 9.17) is 5.73 Å². The van der Waals surface area contributed by atoms with Gasteiger partial charge in [-0.05, 0) is 29.7 Å². The van der Waals surface area contributed by atoms with Crippen LogP contribution in [-0.4, -0.2) is 50.6 Å². The first kappa shape index (κ1) is 19.5. The molecule has 1 aliphatic carbocycles. The first-order chi connectivity index (χ1) is 14.7. The molecule has 0 saturated carbocycles. The zero-order valence-electron chi connectivity index (χ0n) is 16.5. The van der Waals surface area contributed by atoms with E-state index in [1.54, 1.807) is 19.2 Å². The molecule has 2 aromatic rings. The Kier molecular flexibility index (Phi) is 4.07. The maximum absolute atomic E-state index is 13.8. The SMILES string of the molecule is CN1CC[C@@](O)(C#Cc2ccc3c(c2)-c2nc(C(N)=O)c(C(F)F)n2C2C=C3C2)C1=O. The maximum Gasteiger partial charge on any atom is 0.280 e. The van der Waals surface area contributed by atoms with E-state index in [-0.39, 0.29) is 18.3 Å². The van der Waals surface area contributed by atoms with Gasteiger partial charge in [-0.2, -0.15) is 0 Å². The number of aliphatic hydroxyl groups is 1. The van der Waals surface area contributed by atoms with Crippen molar-refractivity contribution in [1.82, 2.24) is 14.5 Å². The van der Waals surface area contributed by atoms with E-state index < -0.39 is 35.2 Å². The molecule has 0 spiro atoms. The summed E-state index contributed by atoms with van der Waals surface area (Å²) in [5.41, 5.74) is 5.50. The van der Waals surface area contributed by atoms with Gasteiger partial charge in [-0.15, -0.1) is 0 Å². The molecule has 9 heteroatoms. The number of imidazole rings is 1. The van der Waals surface area contributed by atoms with Gasteiger partial charge in [-0.1, -0.05) is 24.0 Å². The molecule has 1 aromatic heterocycles. The van der Waals surface area contributed by atoms with E-state index in [9.17, 15) is 23.5 Å². The van der Waals surface area contributed by atoms with E-state index in [0.29, 0.717) is 24.1 Å². The van der Waals surface area contributed by atoms with E-state index in [0.717, 1.165) is 11.1 Å². The smallest absolute Gasteiger partial charge is 0.280 e. The summed E-state index contributed by atoms with van der Waals surface area (Å²) >= 11 is 0. The largest absolute Gasteiger partial charge is 0.369 e. The van der Waals surface area contributed by atoms with Crippen LogP contribution in [0, 0.1) is 11.8 Å². The molecule has 1 aromatic carbocycles. The number of allylic oxidation sites excluding steroid dienone is 2. The number of hydrogen-bond donors (Lipinski definition) is 2. The van der Waals surface area contributed by atoms with Gasteiger partial charge >= 0.3 is 0 Å². The number of amides is 2. The maximum atomic E-state index is 13.8.